The van der Waals surface area contributed by atoms with E-state index in [1.807, 2.05) is 13.0 Å². The van der Waals surface area contributed by atoms with Crippen molar-refractivity contribution in [3.8, 4) is 0 Å². The topological polar surface area (TPSA) is 17.1 Å². The van der Waals surface area contributed by atoms with Crippen LogP contribution in [0.1, 0.15) is 109 Å². The van der Waals surface area contributed by atoms with Crippen LogP contribution in [0.15, 0.2) is 36.4 Å². The quantitative estimate of drug-likeness (QED) is 0.209. The van der Waals surface area contributed by atoms with Crippen LogP contribution in [0.4, 0.5) is 0 Å². The Balaban J connectivity index is 0.000000558. The number of allylic oxidation sites excluding steroid dienone is 2. The summed E-state index contributed by atoms with van der Waals surface area (Å²) in [5.41, 5.74) is 2.99. The molecule has 1 fully saturated rings. The average Bonchev–Trinajstić information content (AvgIpc) is 3.12. The van der Waals surface area contributed by atoms with E-state index in [1.165, 1.54) is 36.8 Å². The van der Waals surface area contributed by atoms with Gasteiger partial charge in [-0.05, 0) is 67.9 Å². The van der Waals surface area contributed by atoms with Crippen LogP contribution in [0.5, 0.6) is 0 Å². The summed E-state index contributed by atoms with van der Waals surface area (Å²) in [6, 6.07) is 9.33. The molecule has 2 rings (SSSR count). The van der Waals surface area contributed by atoms with Crippen LogP contribution < -0.4 is 0 Å². The van der Waals surface area contributed by atoms with Crippen LogP contribution in [-0.2, 0) is 4.79 Å². The van der Waals surface area contributed by atoms with Gasteiger partial charge >= 0.3 is 0 Å². The second-order valence-electron chi connectivity index (χ2n) is 8.24. The zero-order valence-electron chi connectivity index (χ0n) is 19.2. The van der Waals surface area contributed by atoms with Gasteiger partial charge < -0.3 is 4.79 Å². The molecule has 0 N–H and O–H groups in total. The number of carbonyl (C=O) groups is 1. The van der Waals surface area contributed by atoms with Crippen molar-refractivity contribution in [3.05, 3.63) is 47.5 Å². The third-order valence-electron chi connectivity index (χ3n) is 5.27. The second-order valence-corrected chi connectivity index (χ2v) is 8.97. The minimum absolute atomic E-state index is 0.620. The summed E-state index contributed by atoms with van der Waals surface area (Å²) in [4.78, 5) is 9.74. The third kappa shape index (κ3) is 11.7. The highest BCUT2D eigenvalue weighted by Gasteiger charge is 2.23. The lowest BCUT2D eigenvalue weighted by Gasteiger charge is -2.17. The molecule has 2 heteroatoms. The first-order valence-corrected chi connectivity index (χ1v) is 11.7. The molecule has 160 valence electrons. The van der Waals surface area contributed by atoms with E-state index >= 15 is 0 Å². The van der Waals surface area contributed by atoms with Gasteiger partial charge in [0.05, 0.1) is 0 Å². The molecule has 0 saturated heterocycles. The Kier molecular flexibility index (Phi) is 16.3. The molecule has 28 heavy (non-hydrogen) atoms. The SMILES string of the molecule is C/C=C\CCCC=O.CC(C)C(C)c1ccc(C2CCC(S)C2)cc1.CCC. The molecule has 1 aliphatic rings. The molecule has 3 atom stereocenters. The molecular weight excluding hydrogens is 360 g/mol. The molecule has 0 radical (unpaired) electrons. The predicted octanol–water partition coefficient (Wildman–Crippen LogP) is 8.36. The first-order chi connectivity index (χ1) is 13.4. The molecule has 1 nitrogen and oxygen atoms in total. The van der Waals surface area contributed by atoms with Gasteiger partial charge in [-0.15, -0.1) is 0 Å². The van der Waals surface area contributed by atoms with Gasteiger partial charge in [-0.25, -0.2) is 0 Å². The summed E-state index contributed by atoms with van der Waals surface area (Å²) >= 11 is 4.58. The Morgan fingerprint density at radius 1 is 1.07 bits per heavy atom. The Morgan fingerprint density at radius 2 is 1.68 bits per heavy atom. The zero-order chi connectivity index (χ0) is 21.4. The van der Waals surface area contributed by atoms with Gasteiger partial charge in [-0.3, -0.25) is 0 Å². The highest BCUT2D eigenvalue weighted by molar-refractivity contribution is 7.80. The molecule has 3 unspecified atom stereocenters. The Hall–Kier alpha value is -1.02. The summed E-state index contributed by atoms with van der Waals surface area (Å²) in [6.07, 6.45) is 12.9. The summed E-state index contributed by atoms with van der Waals surface area (Å²) < 4.78 is 0. The number of hydrogen-bond acceptors (Lipinski definition) is 2. The van der Waals surface area contributed by atoms with E-state index in [-0.39, 0.29) is 0 Å². The average molecular weight is 405 g/mol. The molecule has 0 heterocycles. The highest BCUT2D eigenvalue weighted by atomic mass is 32.1. The fraction of sp³-hybridized carbons (Fsp3) is 0.654. The maximum atomic E-state index is 9.74. The van der Waals surface area contributed by atoms with Gasteiger partial charge in [0.1, 0.15) is 6.29 Å². The van der Waals surface area contributed by atoms with Crippen LogP contribution in [0.3, 0.4) is 0 Å². The van der Waals surface area contributed by atoms with Crippen molar-refractivity contribution >= 4 is 18.9 Å². The molecule has 0 aliphatic heterocycles. The first-order valence-electron chi connectivity index (χ1n) is 11.2. The fourth-order valence-electron chi connectivity index (χ4n) is 3.20. The second kappa shape index (κ2) is 16.9. The fourth-order valence-corrected chi connectivity index (χ4v) is 3.61. The maximum absolute atomic E-state index is 9.74. The molecule has 1 aliphatic carbocycles. The Labute approximate surface area is 180 Å². The van der Waals surface area contributed by atoms with Crippen LogP contribution >= 0.6 is 12.6 Å². The highest BCUT2D eigenvalue weighted by Crippen LogP contribution is 2.37. The van der Waals surface area contributed by atoms with Gasteiger partial charge in [-0.1, -0.05) is 77.5 Å². The minimum Gasteiger partial charge on any atom is -0.303 e. The van der Waals surface area contributed by atoms with E-state index < -0.39 is 0 Å². The van der Waals surface area contributed by atoms with Crippen molar-refractivity contribution in [1.82, 2.24) is 0 Å². The van der Waals surface area contributed by atoms with Crippen molar-refractivity contribution in [1.29, 1.82) is 0 Å². The van der Waals surface area contributed by atoms with E-state index in [0.717, 1.165) is 25.0 Å². The zero-order valence-corrected chi connectivity index (χ0v) is 20.1. The Morgan fingerprint density at radius 3 is 2.11 bits per heavy atom. The summed E-state index contributed by atoms with van der Waals surface area (Å²) in [6.45, 7) is 13.1. The largest absolute Gasteiger partial charge is 0.303 e. The van der Waals surface area contributed by atoms with Crippen molar-refractivity contribution in [2.75, 3.05) is 0 Å². The lowest BCUT2D eigenvalue weighted by atomic mass is 9.88. The smallest absolute Gasteiger partial charge is 0.120 e. The van der Waals surface area contributed by atoms with Gasteiger partial charge in [0, 0.05) is 11.7 Å². The number of unbranched alkanes of at least 4 members (excludes halogenated alkanes) is 2. The van der Waals surface area contributed by atoms with Crippen molar-refractivity contribution in [2.24, 2.45) is 5.92 Å². The van der Waals surface area contributed by atoms with Gasteiger partial charge in [0.15, 0.2) is 0 Å². The molecule has 0 aromatic heterocycles. The van der Waals surface area contributed by atoms with Crippen molar-refractivity contribution < 1.29 is 4.79 Å². The molecular formula is C26H44OS. The van der Waals surface area contributed by atoms with Crippen LogP contribution in [0.25, 0.3) is 0 Å². The molecule has 1 aromatic rings. The van der Waals surface area contributed by atoms with Gasteiger partial charge in [0.25, 0.3) is 0 Å². The maximum Gasteiger partial charge on any atom is 0.120 e. The van der Waals surface area contributed by atoms with Crippen LogP contribution in [0.2, 0.25) is 0 Å². The van der Waals surface area contributed by atoms with E-state index in [1.54, 1.807) is 0 Å². The summed E-state index contributed by atoms with van der Waals surface area (Å²) in [5.74, 6) is 2.13. The van der Waals surface area contributed by atoms with Gasteiger partial charge in [0.2, 0.25) is 0 Å². The number of aldehydes is 1. The van der Waals surface area contributed by atoms with Gasteiger partial charge in [-0.2, -0.15) is 12.6 Å². The van der Waals surface area contributed by atoms with Crippen LogP contribution in [0, 0.1) is 5.92 Å². The van der Waals surface area contributed by atoms with Crippen molar-refractivity contribution in [3.63, 3.8) is 0 Å². The predicted molar refractivity (Wildman–Crippen MR) is 130 cm³/mol. The summed E-state index contributed by atoms with van der Waals surface area (Å²) in [5, 5.41) is 0.620. The third-order valence-corrected chi connectivity index (χ3v) is 5.74. The number of rotatable bonds is 7. The molecule has 1 aromatic carbocycles. The number of benzene rings is 1. The lowest BCUT2D eigenvalue weighted by Crippen LogP contribution is -2.02. The monoisotopic (exact) mass is 404 g/mol. The lowest BCUT2D eigenvalue weighted by molar-refractivity contribution is -0.107. The summed E-state index contributed by atoms with van der Waals surface area (Å²) in [7, 11) is 0. The molecule has 0 spiro atoms. The molecule has 1 saturated carbocycles. The molecule has 0 amide bonds. The number of hydrogen-bond donors (Lipinski definition) is 1. The van der Waals surface area contributed by atoms with Crippen LogP contribution in [-0.4, -0.2) is 11.5 Å². The van der Waals surface area contributed by atoms with E-state index in [4.69, 9.17) is 0 Å². The number of carbonyl (C=O) groups excluding carboxylic acids is 1. The molecule has 0 bridgehead atoms. The first kappa shape index (κ1) is 27.0. The Bertz CT molecular complexity index is 518. The van der Waals surface area contributed by atoms with E-state index in [9.17, 15) is 4.79 Å². The van der Waals surface area contributed by atoms with E-state index in [2.05, 4.69) is 77.6 Å². The number of thiol groups is 1. The minimum atomic E-state index is 0.620. The standard InChI is InChI=1S/C16H24S.C7H12O.C3H8/c1-11(2)12(3)13-4-6-14(7-5-13)15-8-9-16(17)10-15;1-2-3-4-5-6-7-8;1-3-2/h4-7,11-12,15-17H,8-10H2,1-3H3;2-3,7H,4-6H2,1H3;3H2,1-2H3/b;3-2-;. The normalized spacial score (nSPS) is 19.6. The van der Waals surface area contributed by atoms with E-state index in [0.29, 0.717) is 23.5 Å². The van der Waals surface area contributed by atoms with Crippen molar-refractivity contribution in [2.45, 2.75) is 104 Å².